The van der Waals surface area contributed by atoms with Crippen molar-refractivity contribution in [2.24, 2.45) is 5.92 Å². The molecule has 0 aromatic carbocycles. The van der Waals surface area contributed by atoms with Crippen LogP contribution in [0.25, 0.3) is 0 Å². The van der Waals surface area contributed by atoms with Gasteiger partial charge in [-0.2, -0.15) is 0 Å². The molecular weight excluding hydrogens is 268 g/mol. The number of aliphatic hydroxyl groups is 1. The largest absolute Gasteiger partial charge is 0.396 e. The number of aromatic nitrogens is 1. The van der Waals surface area contributed by atoms with Crippen molar-refractivity contribution in [3.63, 3.8) is 0 Å². The first-order valence-corrected chi connectivity index (χ1v) is 7.50. The lowest BCUT2D eigenvalue weighted by Gasteiger charge is -2.17. The molecule has 1 saturated heterocycles. The van der Waals surface area contributed by atoms with Gasteiger partial charge in [0.2, 0.25) is 0 Å². The van der Waals surface area contributed by atoms with E-state index in [0.717, 1.165) is 17.7 Å². The van der Waals surface area contributed by atoms with Crippen molar-refractivity contribution in [1.82, 2.24) is 9.88 Å². The average molecular weight is 292 g/mol. The Morgan fingerprint density at radius 3 is 2.57 bits per heavy atom. The molecule has 1 aromatic rings. The molecule has 5 nitrogen and oxygen atoms in total. The number of rotatable bonds is 4. The maximum absolute atomic E-state index is 12.7. The van der Waals surface area contributed by atoms with E-state index < -0.39 is 0 Å². The smallest absolute Gasteiger partial charge is 0.270 e. The molecular formula is C16H24N2O3. The predicted molar refractivity (Wildman–Crippen MR) is 80.7 cm³/mol. The number of H-pyrrole nitrogens is 1. The number of ketones is 1. The molecule has 0 spiro atoms. The number of nitrogens with zero attached hydrogens (tertiary/aromatic N) is 1. The van der Waals surface area contributed by atoms with Crippen molar-refractivity contribution in [2.75, 3.05) is 19.7 Å². The van der Waals surface area contributed by atoms with Crippen molar-refractivity contribution in [3.8, 4) is 0 Å². The minimum Gasteiger partial charge on any atom is -0.396 e. The molecule has 21 heavy (non-hydrogen) atoms. The van der Waals surface area contributed by atoms with Gasteiger partial charge in [-0.25, -0.2) is 0 Å². The topological polar surface area (TPSA) is 73.4 Å². The second kappa shape index (κ2) is 6.02. The first kappa shape index (κ1) is 15.8. The van der Waals surface area contributed by atoms with Crippen molar-refractivity contribution in [3.05, 3.63) is 22.5 Å². The molecule has 1 aromatic heterocycles. The van der Waals surface area contributed by atoms with E-state index in [-0.39, 0.29) is 30.1 Å². The van der Waals surface area contributed by atoms with Crippen LogP contribution in [0.15, 0.2) is 0 Å². The Bertz CT molecular complexity index is 560. The highest BCUT2D eigenvalue weighted by Gasteiger charge is 2.31. The number of nitrogens with one attached hydrogen (secondary N) is 1. The van der Waals surface area contributed by atoms with E-state index in [0.29, 0.717) is 24.3 Å². The van der Waals surface area contributed by atoms with E-state index in [2.05, 4.69) is 4.98 Å². The zero-order valence-corrected chi connectivity index (χ0v) is 13.2. The highest BCUT2D eigenvalue weighted by atomic mass is 16.3. The van der Waals surface area contributed by atoms with Crippen LogP contribution < -0.4 is 0 Å². The van der Waals surface area contributed by atoms with Crippen LogP contribution in [0.1, 0.15) is 65.2 Å². The molecule has 0 radical (unpaired) electrons. The molecule has 0 bridgehead atoms. The maximum Gasteiger partial charge on any atom is 0.270 e. The Balaban J connectivity index is 2.38. The van der Waals surface area contributed by atoms with Crippen LogP contribution in [0.2, 0.25) is 0 Å². The van der Waals surface area contributed by atoms with Crippen LogP contribution in [-0.2, 0) is 0 Å². The van der Waals surface area contributed by atoms with Crippen molar-refractivity contribution < 1.29 is 14.7 Å². The van der Waals surface area contributed by atoms with Gasteiger partial charge in [0.15, 0.2) is 5.78 Å². The molecule has 1 amide bonds. The van der Waals surface area contributed by atoms with Crippen LogP contribution in [0.4, 0.5) is 0 Å². The summed E-state index contributed by atoms with van der Waals surface area (Å²) in [6.07, 6.45) is 0.832. The van der Waals surface area contributed by atoms with Crippen LogP contribution in [0.5, 0.6) is 0 Å². The lowest BCUT2D eigenvalue weighted by atomic mass is 9.95. The summed E-state index contributed by atoms with van der Waals surface area (Å²) in [6.45, 7) is 8.71. The van der Waals surface area contributed by atoms with Crippen LogP contribution >= 0.6 is 0 Å². The van der Waals surface area contributed by atoms with Crippen molar-refractivity contribution in [2.45, 2.75) is 40.0 Å². The van der Waals surface area contributed by atoms with E-state index in [1.54, 1.807) is 4.90 Å². The van der Waals surface area contributed by atoms with Crippen molar-refractivity contribution >= 4 is 11.7 Å². The molecule has 1 atom stereocenters. The van der Waals surface area contributed by atoms with E-state index >= 15 is 0 Å². The molecule has 1 aliphatic rings. The normalized spacial score (nSPS) is 18.6. The standard InChI is InChI=1S/C16H24N2O3/c1-9(2)13-14(11(4)20)10(3)17-15(13)16(21)18-6-5-12(7-18)8-19/h9,12,17,19H,5-8H2,1-4H3. The number of aromatic amines is 1. The van der Waals surface area contributed by atoms with E-state index in [1.165, 1.54) is 6.92 Å². The fourth-order valence-corrected chi connectivity index (χ4v) is 3.17. The van der Waals surface area contributed by atoms with Crippen LogP contribution in [0, 0.1) is 12.8 Å². The third kappa shape index (κ3) is 2.88. The lowest BCUT2D eigenvalue weighted by Crippen LogP contribution is -2.30. The Kier molecular flexibility index (Phi) is 4.52. The SMILES string of the molecule is CC(=O)c1c(C)[nH]c(C(=O)N2CCC(CO)C2)c1C(C)C. The van der Waals surface area contributed by atoms with Crippen molar-refractivity contribution in [1.29, 1.82) is 0 Å². The zero-order chi connectivity index (χ0) is 15.7. The number of hydrogen-bond donors (Lipinski definition) is 2. The lowest BCUT2D eigenvalue weighted by molar-refractivity contribution is 0.0775. The molecule has 0 aliphatic carbocycles. The van der Waals surface area contributed by atoms with Gasteiger partial charge in [-0.1, -0.05) is 13.8 Å². The van der Waals surface area contributed by atoms with E-state index in [4.69, 9.17) is 0 Å². The second-order valence-corrected chi connectivity index (χ2v) is 6.21. The van der Waals surface area contributed by atoms with Gasteiger partial charge in [-0.05, 0) is 31.7 Å². The van der Waals surface area contributed by atoms with Gasteiger partial charge in [-0.3, -0.25) is 9.59 Å². The summed E-state index contributed by atoms with van der Waals surface area (Å²) >= 11 is 0. The van der Waals surface area contributed by atoms with Gasteiger partial charge in [0.25, 0.3) is 5.91 Å². The number of aliphatic hydroxyl groups excluding tert-OH is 1. The summed E-state index contributed by atoms with van der Waals surface area (Å²) < 4.78 is 0. The number of aryl methyl sites for hydroxylation is 1. The van der Waals surface area contributed by atoms with E-state index in [1.807, 2.05) is 20.8 Å². The third-order valence-corrected chi connectivity index (χ3v) is 4.20. The summed E-state index contributed by atoms with van der Waals surface area (Å²) in [5.41, 5.74) is 2.75. The molecule has 2 heterocycles. The number of carbonyl (C=O) groups excluding carboxylic acids is 2. The molecule has 2 N–H and O–H groups in total. The number of carbonyl (C=O) groups is 2. The maximum atomic E-state index is 12.7. The second-order valence-electron chi connectivity index (χ2n) is 6.21. The molecule has 1 aliphatic heterocycles. The highest BCUT2D eigenvalue weighted by Crippen LogP contribution is 2.29. The number of likely N-dealkylation sites (tertiary alicyclic amines) is 1. The van der Waals surface area contributed by atoms with Gasteiger partial charge in [0, 0.05) is 36.9 Å². The number of amides is 1. The average Bonchev–Trinajstić information content (AvgIpc) is 3.01. The Hall–Kier alpha value is -1.62. The molecule has 116 valence electrons. The molecule has 5 heteroatoms. The monoisotopic (exact) mass is 292 g/mol. The Morgan fingerprint density at radius 2 is 2.10 bits per heavy atom. The minimum atomic E-state index is -0.0646. The fourth-order valence-electron chi connectivity index (χ4n) is 3.17. The van der Waals surface area contributed by atoms with E-state index in [9.17, 15) is 14.7 Å². The first-order chi connectivity index (χ1) is 9.86. The Morgan fingerprint density at radius 1 is 1.43 bits per heavy atom. The summed E-state index contributed by atoms with van der Waals surface area (Å²) in [6, 6.07) is 0. The molecule has 2 rings (SSSR count). The summed E-state index contributed by atoms with van der Waals surface area (Å²) in [5, 5.41) is 9.21. The van der Waals surface area contributed by atoms with Crippen LogP contribution in [0.3, 0.4) is 0 Å². The van der Waals surface area contributed by atoms with Gasteiger partial charge in [0.05, 0.1) is 0 Å². The summed E-state index contributed by atoms with van der Waals surface area (Å²) in [7, 11) is 0. The summed E-state index contributed by atoms with van der Waals surface area (Å²) in [4.78, 5) is 29.5. The first-order valence-electron chi connectivity index (χ1n) is 7.50. The molecule has 1 fully saturated rings. The third-order valence-electron chi connectivity index (χ3n) is 4.20. The zero-order valence-electron chi connectivity index (χ0n) is 13.2. The minimum absolute atomic E-state index is 0.0128. The van der Waals surface area contributed by atoms with Gasteiger partial charge in [0.1, 0.15) is 5.69 Å². The van der Waals surface area contributed by atoms with Gasteiger partial charge >= 0.3 is 0 Å². The summed E-state index contributed by atoms with van der Waals surface area (Å²) in [5.74, 6) is 0.190. The highest BCUT2D eigenvalue weighted by molar-refractivity contribution is 6.03. The predicted octanol–water partition coefficient (Wildman–Crippen LogP) is 2.10. The Labute approximate surface area is 125 Å². The number of Topliss-reactive ketones (excluding diaryl/α,β-unsaturated/α-hetero) is 1. The fraction of sp³-hybridized carbons (Fsp3) is 0.625. The molecule has 0 saturated carbocycles. The number of hydrogen-bond acceptors (Lipinski definition) is 3. The quantitative estimate of drug-likeness (QED) is 0.835. The molecule has 1 unspecified atom stereocenters. The van der Waals surface area contributed by atoms with Gasteiger partial charge in [-0.15, -0.1) is 0 Å². The van der Waals surface area contributed by atoms with Gasteiger partial charge < -0.3 is 15.0 Å². The van der Waals surface area contributed by atoms with Crippen LogP contribution in [-0.4, -0.2) is 46.4 Å².